The van der Waals surface area contributed by atoms with Crippen LogP contribution in [0.15, 0.2) is 27.4 Å². The summed E-state index contributed by atoms with van der Waals surface area (Å²) >= 11 is 6.33. The van der Waals surface area contributed by atoms with E-state index < -0.39 is 5.63 Å². The van der Waals surface area contributed by atoms with Gasteiger partial charge in [0.1, 0.15) is 11.3 Å². The van der Waals surface area contributed by atoms with Gasteiger partial charge in [-0.25, -0.2) is 4.79 Å². The number of carbonyl (C=O) groups is 1. The Kier molecular flexibility index (Phi) is 5.13. The topological polar surface area (TPSA) is 59.8 Å². The van der Waals surface area contributed by atoms with Gasteiger partial charge in [0.05, 0.1) is 5.02 Å². The number of fused-ring (bicyclic) bond motifs is 2. The zero-order valence-electron chi connectivity index (χ0n) is 15.5. The number of ether oxygens (including phenoxy) is 1. The number of piperidine rings is 1. The number of hydrogen-bond donors (Lipinski definition) is 0. The lowest BCUT2D eigenvalue weighted by molar-refractivity contribution is -0.139. The van der Waals surface area contributed by atoms with Crippen LogP contribution in [0.3, 0.4) is 0 Å². The van der Waals surface area contributed by atoms with Gasteiger partial charge in [0.15, 0.2) is 6.61 Å². The fourth-order valence-corrected chi connectivity index (χ4v) is 4.81. The van der Waals surface area contributed by atoms with E-state index >= 15 is 0 Å². The summed E-state index contributed by atoms with van der Waals surface area (Å²) in [7, 11) is 0. The number of hydrogen-bond acceptors (Lipinski definition) is 4. The van der Waals surface area contributed by atoms with Gasteiger partial charge in [-0.15, -0.1) is 0 Å². The molecule has 1 saturated heterocycles. The molecule has 2 atom stereocenters. The van der Waals surface area contributed by atoms with E-state index in [0.29, 0.717) is 28.3 Å². The van der Waals surface area contributed by atoms with Crippen LogP contribution in [0.2, 0.25) is 5.02 Å². The van der Waals surface area contributed by atoms with E-state index in [9.17, 15) is 9.59 Å². The highest BCUT2D eigenvalue weighted by atomic mass is 35.5. The third-order valence-electron chi connectivity index (χ3n) is 5.92. The van der Waals surface area contributed by atoms with Gasteiger partial charge in [0.2, 0.25) is 0 Å². The zero-order chi connectivity index (χ0) is 19.0. The van der Waals surface area contributed by atoms with Crippen molar-refractivity contribution in [2.45, 2.75) is 51.5 Å². The van der Waals surface area contributed by atoms with Crippen molar-refractivity contribution >= 4 is 28.5 Å². The Morgan fingerprint density at radius 2 is 2.00 bits per heavy atom. The van der Waals surface area contributed by atoms with Crippen molar-refractivity contribution in [2.24, 2.45) is 5.92 Å². The van der Waals surface area contributed by atoms with Gasteiger partial charge in [-0.3, -0.25) is 4.79 Å². The Bertz CT molecular complexity index is 920. The van der Waals surface area contributed by atoms with Gasteiger partial charge >= 0.3 is 5.63 Å². The number of likely N-dealkylation sites (tertiary alicyclic amines) is 1. The molecule has 0 radical (unpaired) electrons. The summed E-state index contributed by atoms with van der Waals surface area (Å²) in [5.41, 5.74) is 0.792. The number of aryl methyl sites for hydroxylation is 1. The molecule has 2 heterocycles. The maximum Gasteiger partial charge on any atom is 0.336 e. The lowest BCUT2D eigenvalue weighted by atomic mass is 9.78. The lowest BCUT2D eigenvalue weighted by Gasteiger charge is -2.44. The largest absolute Gasteiger partial charge is 0.482 e. The fraction of sp³-hybridized carbons (Fsp3) is 0.524. The normalized spacial score (nSPS) is 22.5. The van der Waals surface area contributed by atoms with E-state index in [1.807, 2.05) is 11.8 Å². The van der Waals surface area contributed by atoms with Crippen LogP contribution in [-0.2, 0) is 4.79 Å². The molecule has 1 aromatic carbocycles. The van der Waals surface area contributed by atoms with Crippen molar-refractivity contribution in [1.29, 1.82) is 0 Å². The molecular formula is C21H24ClNO4. The molecule has 4 rings (SSSR count). The van der Waals surface area contributed by atoms with Crippen LogP contribution in [0.25, 0.3) is 11.0 Å². The molecule has 6 heteroatoms. The first-order valence-electron chi connectivity index (χ1n) is 9.69. The summed E-state index contributed by atoms with van der Waals surface area (Å²) in [6, 6.07) is 5.10. The zero-order valence-corrected chi connectivity index (χ0v) is 16.3. The molecule has 0 N–H and O–H groups in total. The molecule has 144 valence electrons. The Morgan fingerprint density at radius 1 is 1.22 bits per heavy atom. The van der Waals surface area contributed by atoms with Crippen molar-refractivity contribution in [3.63, 3.8) is 0 Å². The molecule has 1 aliphatic carbocycles. The van der Waals surface area contributed by atoms with Crippen LogP contribution in [-0.4, -0.2) is 30.0 Å². The van der Waals surface area contributed by atoms with Crippen LogP contribution >= 0.6 is 11.6 Å². The smallest absolute Gasteiger partial charge is 0.336 e. The van der Waals surface area contributed by atoms with Crippen molar-refractivity contribution in [2.75, 3.05) is 13.2 Å². The van der Waals surface area contributed by atoms with Crippen molar-refractivity contribution in [3.8, 4) is 5.75 Å². The van der Waals surface area contributed by atoms with Gasteiger partial charge in [-0.2, -0.15) is 0 Å². The number of carbonyl (C=O) groups excluding carboxylic acids is 1. The van der Waals surface area contributed by atoms with Gasteiger partial charge in [0.25, 0.3) is 5.91 Å². The molecule has 2 aliphatic rings. The van der Waals surface area contributed by atoms with E-state index in [4.69, 9.17) is 20.8 Å². The van der Waals surface area contributed by atoms with Crippen molar-refractivity contribution < 1.29 is 13.9 Å². The minimum Gasteiger partial charge on any atom is -0.482 e. The van der Waals surface area contributed by atoms with E-state index in [1.165, 1.54) is 31.7 Å². The average molecular weight is 390 g/mol. The summed E-state index contributed by atoms with van der Waals surface area (Å²) in [5, 5.41) is 1.17. The maximum atomic E-state index is 12.8. The number of rotatable bonds is 3. The Morgan fingerprint density at radius 3 is 2.85 bits per heavy atom. The molecular weight excluding hydrogens is 366 g/mol. The van der Waals surface area contributed by atoms with Crippen molar-refractivity contribution in [1.82, 2.24) is 4.90 Å². The standard InChI is InChI=1S/C21H24ClNO4/c1-13-9-21(25)27-18-11-19(16(22)10-15(13)18)26-12-20(24)23-8-4-6-14-5-2-3-7-17(14)23/h9-11,14,17H,2-8,12H2,1H3/t14-,17+/m1/s1. The second-order valence-electron chi connectivity index (χ2n) is 7.66. The molecule has 1 amide bonds. The Labute approximate surface area is 163 Å². The summed E-state index contributed by atoms with van der Waals surface area (Å²) in [5.74, 6) is 1.01. The Balaban J connectivity index is 1.50. The van der Waals surface area contributed by atoms with E-state index in [1.54, 1.807) is 12.1 Å². The summed E-state index contributed by atoms with van der Waals surface area (Å²) < 4.78 is 11.0. The molecule has 5 nitrogen and oxygen atoms in total. The molecule has 1 saturated carbocycles. The second kappa shape index (κ2) is 7.55. The number of halogens is 1. The van der Waals surface area contributed by atoms with E-state index in [2.05, 4.69) is 0 Å². The summed E-state index contributed by atoms with van der Waals surface area (Å²) in [6.07, 6.45) is 7.08. The maximum absolute atomic E-state index is 12.8. The first-order chi connectivity index (χ1) is 13.0. The molecule has 27 heavy (non-hydrogen) atoms. The number of nitrogens with zero attached hydrogens (tertiary/aromatic N) is 1. The predicted octanol–water partition coefficient (Wildman–Crippen LogP) is 4.31. The van der Waals surface area contributed by atoms with Crippen LogP contribution in [0.1, 0.15) is 44.1 Å². The molecule has 1 aliphatic heterocycles. The SMILES string of the molecule is Cc1cc(=O)oc2cc(OCC(=O)N3CCC[C@H]4CCCC[C@@H]43)c(Cl)cc12. The first-order valence-corrected chi connectivity index (χ1v) is 10.1. The minimum absolute atomic E-state index is 0.00783. The molecule has 0 unspecified atom stereocenters. The third kappa shape index (κ3) is 3.70. The van der Waals surface area contributed by atoms with E-state index in [0.717, 1.165) is 30.3 Å². The fourth-order valence-electron chi connectivity index (χ4n) is 4.59. The Hall–Kier alpha value is -2.01. The highest BCUT2D eigenvalue weighted by Crippen LogP contribution is 2.36. The van der Waals surface area contributed by atoms with Crippen molar-refractivity contribution in [3.05, 3.63) is 39.2 Å². The first kappa shape index (κ1) is 18.4. The van der Waals surface area contributed by atoms with Gasteiger partial charge in [-0.1, -0.05) is 24.4 Å². The molecule has 2 aromatic rings. The summed E-state index contributed by atoms with van der Waals surface area (Å²) in [6.45, 7) is 2.59. The van der Waals surface area contributed by atoms with Crippen LogP contribution in [0.4, 0.5) is 0 Å². The quantitative estimate of drug-likeness (QED) is 0.734. The number of amides is 1. The third-order valence-corrected chi connectivity index (χ3v) is 6.21. The molecule has 1 aromatic heterocycles. The number of benzene rings is 1. The molecule has 0 spiro atoms. The summed E-state index contributed by atoms with van der Waals surface area (Å²) in [4.78, 5) is 26.4. The van der Waals surface area contributed by atoms with Crippen LogP contribution < -0.4 is 10.4 Å². The molecule has 0 bridgehead atoms. The second-order valence-corrected chi connectivity index (χ2v) is 8.06. The van der Waals surface area contributed by atoms with E-state index in [-0.39, 0.29) is 12.5 Å². The lowest BCUT2D eigenvalue weighted by Crippen LogP contribution is -2.51. The van der Waals surface area contributed by atoms with Crippen LogP contribution in [0, 0.1) is 12.8 Å². The monoisotopic (exact) mass is 389 g/mol. The van der Waals surface area contributed by atoms with Gasteiger partial charge in [-0.05, 0) is 50.2 Å². The predicted molar refractivity (Wildman–Crippen MR) is 104 cm³/mol. The van der Waals surface area contributed by atoms with Crippen LogP contribution in [0.5, 0.6) is 5.75 Å². The minimum atomic E-state index is -0.416. The molecule has 2 fully saturated rings. The van der Waals surface area contributed by atoms with Gasteiger partial charge < -0.3 is 14.1 Å². The average Bonchev–Trinajstić information content (AvgIpc) is 2.66. The van der Waals surface area contributed by atoms with Gasteiger partial charge in [0, 0.05) is 30.1 Å². The highest BCUT2D eigenvalue weighted by Gasteiger charge is 2.35. The highest BCUT2D eigenvalue weighted by molar-refractivity contribution is 6.32.